The number of ether oxygens (including phenoxy) is 1. The summed E-state index contributed by atoms with van der Waals surface area (Å²) in [4.78, 5) is 31.9. The zero-order chi connectivity index (χ0) is 25.3. The van der Waals surface area contributed by atoms with E-state index in [0.29, 0.717) is 13.0 Å². The molecule has 0 saturated carbocycles. The lowest BCUT2D eigenvalue weighted by Crippen LogP contribution is -2.25. The summed E-state index contributed by atoms with van der Waals surface area (Å²) < 4.78 is 5.10. The first-order chi connectivity index (χ1) is 16.5. The fourth-order valence-electron chi connectivity index (χ4n) is 3.15. The summed E-state index contributed by atoms with van der Waals surface area (Å²) in [6, 6.07) is 9.57. The number of nitrogens with one attached hydrogen (secondary N) is 1. The molecule has 0 bridgehead atoms. The number of carbonyl (C=O) groups is 3. The maximum Gasteiger partial charge on any atom is 0.407 e. The van der Waals surface area contributed by atoms with Gasteiger partial charge in [-0.3, -0.25) is 9.59 Å². The maximum atomic E-state index is 11.5. The van der Waals surface area contributed by atoms with Gasteiger partial charge in [-0.15, -0.1) is 0 Å². The Labute approximate surface area is 212 Å². The summed E-state index contributed by atoms with van der Waals surface area (Å²) in [5.41, 5.74) is 0.971. The first-order valence-corrected chi connectivity index (χ1v) is 13.5. The van der Waals surface area contributed by atoms with Gasteiger partial charge in [0.25, 0.3) is 0 Å². The summed E-state index contributed by atoms with van der Waals surface area (Å²) in [5.74, 6) is -1.39. The number of halogens is 1. The molecule has 7 nitrogen and oxygen atoms in total. The molecular weight excluding hydrogens is 502 g/mol. The van der Waals surface area contributed by atoms with Crippen molar-refractivity contribution in [2.45, 2.75) is 96.5 Å². The van der Waals surface area contributed by atoms with Gasteiger partial charge >= 0.3 is 18.0 Å². The average Bonchev–Trinajstić information content (AvgIpc) is 2.82. The van der Waals surface area contributed by atoms with E-state index in [2.05, 4.69) is 21.2 Å². The van der Waals surface area contributed by atoms with Crippen molar-refractivity contribution in [2.24, 2.45) is 0 Å². The van der Waals surface area contributed by atoms with Crippen molar-refractivity contribution in [1.82, 2.24) is 5.32 Å². The van der Waals surface area contributed by atoms with Gasteiger partial charge in [-0.05, 0) is 31.2 Å². The SMILES string of the molecule is O=C(O)CCCCCCCCBr.O=C(O)CCCCCCCCNC(=O)OCc1ccccc1. The van der Waals surface area contributed by atoms with Crippen LogP contribution in [0.2, 0.25) is 0 Å². The van der Waals surface area contributed by atoms with Gasteiger partial charge in [0.2, 0.25) is 0 Å². The zero-order valence-corrected chi connectivity index (χ0v) is 21.9. The fraction of sp³-hybridized carbons (Fsp3) is 0.654. The molecule has 1 rings (SSSR count). The second-order valence-corrected chi connectivity index (χ2v) is 9.00. The van der Waals surface area contributed by atoms with Gasteiger partial charge in [-0.1, -0.05) is 97.6 Å². The summed E-state index contributed by atoms with van der Waals surface area (Å²) in [7, 11) is 0. The van der Waals surface area contributed by atoms with E-state index in [-0.39, 0.29) is 19.1 Å². The van der Waals surface area contributed by atoms with Crippen LogP contribution in [-0.2, 0) is 20.9 Å². The Morgan fingerprint density at radius 3 is 1.68 bits per heavy atom. The van der Waals surface area contributed by atoms with Gasteiger partial charge in [-0.2, -0.15) is 0 Å². The highest BCUT2D eigenvalue weighted by atomic mass is 79.9. The highest BCUT2D eigenvalue weighted by Crippen LogP contribution is 2.08. The molecule has 0 aliphatic heterocycles. The predicted octanol–water partition coefficient (Wildman–Crippen LogP) is 6.92. The van der Waals surface area contributed by atoms with Gasteiger partial charge in [0, 0.05) is 24.7 Å². The van der Waals surface area contributed by atoms with Crippen LogP contribution in [0.5, 0.6) is 0 Å². The van der Waals surface area contributed by atoms with E-state index in [0.717, 1.165) is 62.3 Å². The molecule has 1 aromatic carbocycles. The van der Waals surface area contributed by atoms with E-state index in [4.69, 9.17) is 14.9 Å². The summed E-state index contributed by atoms with van der Waals surface area (Å²) in [6.07, 6.45) is 12.8. The number of aliphatic carboxylic acids is 2. The second-order valence-electron chi connectivity index (χ2n) is 8.21. The van der Waals surface area contributed by atoms with Gasteiger partial charge in [0.1, 0.15) is 6.61 Å². The molecule has 0 unspecified atom stereocenters. The van der Waals surface area contributed by atoms with Crippen LogP contribution in [0, 0.1) is 0 Å². The lowest BCUT2D eigenvalue weighted by Gasteiger charge is -2.07. The minimum atomic E-state index is -0.724. The van der Waals surface area contributed by atoms with Gasteiger partial charge in [0.05, 0.1) is 0 Å². The standard InChI is InChI=1S/C17H25NO4.C9H17BrO2/c19-16(20)12-8-3-1-2-4-9-13-18-17(21)22-14-15-10-6-5-7-11-15;10-8-6-4-2-1-3-5-7-9(11)12/h5-7,10-11H,1-4,8-9,12-14H2,(H,18,21)(H,19,20);1-8H2,(H,11,12). The van der Waals surface area contributed by atoms with Crippen molar-refractivity contribution in [3.05, 3.63) is 35.9 Å². The van der Waals surface area contributed by atoms with Crippen molar-refractivity contribution >= 4 is 34.0 Å². The molecule has 0 aromatic heterocycles. The Hall–Kier alpha value is -2.09. The number of alkyl halides is 1. The van der Waals surface area contributed by atoms with E-state index in [1.54, 1.807) is 0 Å². The van der Waals surface area contributed by atoms with Gasteiger partial charge in [-0.25, -0.2) is 4.79 Å². The van der Waals surface area contributed by atoms with Crippen LogP contribution in [-0.4, -0.2) is 40.1 Å². The van der Waals surface area contributed by atoms with Crippen molar-refractivity contribution in [3.63, 3.8) is 0 Å². The number of hydrogen-bond acceptors (Lipinski definition) is 4. The number of hydrogen-bond donors (Lipinski definition) is 3. The molecule has 8 heteroatoms. The molecule has 0 spiro atoms. The lowest BCUT2D eigenvalue weighted by molar-refractivity contribution is -0.138. The lowest BCUT2D eigenvalue weighted by atomic mass is 10.1. The molecule has 0 aliphatic carbocycles. The third-order valence-corrected chi connectivity index (χ3v) is 5.63. The minimum Gasteiger partial charge on any atom is -0.481 e. The Bertz CT molecular complexity index is 641. The highest BCUT2D eigenvalue weighted by molar-refractivity contribution is 9.09. The molecule has 34 heavy (non-hydrogen) atoms. The number of rotatable bonds is 19. The molecule has 194 valence electrons. The number of carboxylic acids is 2. The number of carbonyl (C=O) groups excluding carboxylic acids is 1. The molecule has 3 N–H and O–H groups in total. The van der Waals surface area contributed by atoms with E-state index in [1.807, 2.05) is 30.3 Å². The molecule has 0 atom stereocenters. The molecule has 0 fully saturated rings. The van der Waals surface area contributed by atoms with Crippen molar-refractivity contribution in [3.8, 4) is 0 Å². The number of benzene rings is 1. The minimum absolute atomic E-state index is 0.259. The van der Waals surface area contributed by atoms with Crippen molar-refractivity contribution in [2.75, 3.05) is 11.9 Å². The topological polar surface area (TPSA) is 113 Å². The van der Waals surface area contributed by atoms with E-state index in [9.17, 15) is 14.4 Å². The fourth-order valence-corrected chi connectivity index (χ4v) is 3.55. The van der Waals surface area contributed by atoms with Crippen molar-refractivity contribution < 1.29 is 29.3 Å². The average molecular weight is 545 g/mol. The van der Waals surface area contributed by atoms with E-state index < -0.39 is 11.9 Å². The molecule has 0 radical (unpaired) electrons. The Kier molecular flexibility index (Phi) is 22.6. The van der Waals surface area contributed by atoms with Crippen LogP contribution in [0.4, 0.5) is 4.79 Å². The molecular formula is C26H42BrNO6. The van der Waals surface area contributed by atoms with Crippen molar-refractivity contribution in [1.29, 1.82) is 0 Å². The second kappa shape index (κ2) is 24.0. The predicted molar refractivity (Wildman–Crippen MR) is 138 cm³/mol. The quantitative estimate of drug-likeness (QED) is 0.129. The first kappa shape index (κ1) is 31.9. The van der Waals surface area contributed by atoms with Gasteiger partial charge in [0.15, 0.2) is 0 Å². The van der Waals surface area contributed by atoms with Crippen LogP contribution in [0.25, 0.3) is 0 Å². The number of amides is 1. The Balaban J connectivity index is 0.000000770. The normalized spacial score (nSPS) is 10.1. The van der Waals surface area contributed by atoms with Crippen LogP contribution in [0.15, 0.2) is 30.3 Å². The monoisotopic (exact) mass is 543 g/mol. The Morgan fingerprint density at radius 1 is 0.706 bits per heavy atom. The smallest absolute Gasteiger partial charge is 0.407 e. The number of unbranched alkanes of at least 4 members (excludes halogenated alkanes) is 10. The van der Waals surface area contributed by atoms with Crippen LogP contribution in [0.3, 0.4) is 0 Å². The number of alkyl carbamates (subject to hydrolysis) is 1. The first-order valence-electron chi connectivity index (χ1n) is 12.4. The van der Waals surface area contributed by atoms with E-state index >= 15 is 0 Å². The third kappa shape index (κ3) is 24.6. The van der Waals surface area contributed by atoms with Gasteiger partial charge < -0.3 is 20.3 Å². The largest absolute Gasteiger partial charge is 0.481 e. The highest BCUT2D eigenvalue weighted by Gasteiger charge is 2.02. The molecule has 0 saturated heterocycles. The van der Waals surface area contributed by atoms with Crippen LogP contribution < -0.4 is 5.32 Å². The maximum absolute atomic E-state index is 11.5. The number of carboxylic acid groups (broad SMARTS) is 2. The zero-order valence-electron chi connectivity index (χ0n) is 20.3. The van der Waals surface area contributed by atoms with E-state index in [1.165, 1.54) is 25.7 Å². The summed E-state index contributed by atoms with van der Waals surface area (Å²) in [6.45, 7) is 0.902. The molecule has 0 heterocycles. The summed E-state index contributed by atoms with van der Waals surface area (Å²) in [5, 5.41) is 20.7. The molecule has 1 aromatic rings. The van der Waals surface area contributed by atoms with Crippen LogP contribution >= 0.6 is 15.9 Å². The summed E-state index contributed by atoms with van der Waals surface area (Å²) >= 11 is 3.37. The Morgan fingerprint density at radius 2 is 1.18 bits per heavy atom. The van der Waals surface area contributed by atoms with Crippen LogP contribution in [0.1, 0.15) is 95.5 Å². The third-order valence-electron chi connectivity index (χ3n) is 5.07. The molecule has 1 amide bonds. The molecule has 0 aliphatic rings.